The normalized spacial score (nSPS) is 41.2. The van der Waals surface area contributed by atoms with Crippen LogP contribution in [0.5, 0.6) is 0 Å². The maximum absolute atomic E-state index is 6.28. The first-order valence-corrected chi connectivity index (χ1v) is 14.8. The smallest absolute Gasteiger partial charge is 0.405 e. The first-order chi connectivity index (χ1) is 19.0. The van der Waals surface area contributed by atoms with Gasteiger partial charge >= 0.3 is 35.6 Å². The van der Waals surface area contributed by atoms with Crippen LogP contribution in [-0.2, 0) is 56.0 Å². The third-order valence-corrected chi connectivity index (χ3v) is 8.32. The van der Waals surface area contributed by atoms with Crippen LogP contribution in [0.1, 0.15) is 34.6 Å². The van der Waals surface area contributed by atoms with E-state index in [1.165, 1.54) is 0 Å². The van der Waals surface area contributed by atoms with Crippen LogP contribution in [0.15, 0.2) is 0 Å². The van der Waals surface area contributed by atoms with Gasteiger partial charge < -0.3 is 56.0 Å². The summed E-state index contributed by atoms with van der Waals surface area (Å²) in [4.78, 5) is 0. The second-order valence-electron chi connectivity index (χ2n) is 11.0. The van der Waals surface area contributed by atoms with Gasteiger partial charge in [0.2, 0.25) is 11.6 Å². The van der Waals surface area contributed by atoms with Gasteiger partial charge in [0, 0.05) is 0 Å². The van der Waals surface area contributed by atoms with E-state index in [0.717, 1.165) is 12.6 Å². The molecule has 0 spiro atoms. The summed E-state index contributed by atoms with van der Waals surface area (Å²) in [6.45, 7) is 11.0. The van der Waals surface area contributed by atoms with E-state index < -0.39 is 45.1 Å². The summed E-state index contributed by atoms with van der Waals surface area (Å²) >= 11 is 0. The molecule has 6 aliphatic rings. The number of fused-ring (bicyclic) bond motifs is 6. The highest BCUT2D eigenvalue weighted by Crippen LogP contribution is 2.44. The first kappa shape index (κ1) is 28.9. The van der Waals surface area contributed by atoms with Crippen LogP contribution in [-0.4, -0.2) is 110 Å². The molecule has 17 heteroatoms. The molecule has 0 aliphatic carbocycles. The van der Waals surface area contributed by atoms with E-state index in [2.05, 4.69) is 0 Å². The van der Waals surface area contributed by atoms with Gasteiger partial charge in [-0.3, -0.25) is 0 Å². The minimum Gasteiger partial charge on any atom is -0.405 e. The van der Waals surface area contributed by atoms with Crippen molar-refractivity contribution in [3.8, 4) is 0 Å². The average molecular weight is 550 g/mol. The second kappa shape index (κ2) is 11.8. The molecule has 0 radical (unpaired) electrons. The van der Waals surface area contributed by atoms with E-state index in [-0.39, 0.29) is 51.9 Å². The molecule has 6 heterocycles. The van der Waals surface area contributed by atoms with Crippen molar-refractivity contribution in [3.63, 3.8) is 0 Å². The fraction of sp³-hybridized carbons (Fsp3) is 1.00. The molecule has 6 saturated heterocycles. The van der Waals surface area contributed by atoms with Crippen molar-refractivity contribution in [2.75, 3.05) is 26.4 Å². The van der Waals surface area contributed by atoms with Crippen LogP contribution < -0.4 is 0 Å². The van der Waals surface area contributed by atoms with Gasteiger partial charge in [-0.2, -0.15) is 0 Å². The molecule has 0 bridgehead atoms. The van der Waals surface area contributed by atoms with Crippen LogP contribution >= 0.6 is 0 Å². The fourth-order valence-corrected chi connectivity index (χ4v) is 6.20. The summed E-state index contributed by atoms with van der Waals surface area (Å²) in [7, 11) is -1.95. The molecule has 0 aromatic heterocycles. The second-order valence-corrected chi connectivity index (χ2v) is 11.0. The molecule has 0 N–H and O–H groups in total. The van der Waals surface area contributed by atoms with E-state index in [1.807, 2.05) is 34.6 Å². The SMILES string of the molecule is CCB(OCC12OCC3OB(CC)OC3C1OB(CC)O2)OCC12OCC3OB(CC)OC3C1OB(CC)O2. The molecular formula is C22H39B5O12. The van der Waals surface area contributed by atoms with Gasteiger partial charge in [0.15, 0.2) is 0 Å². The number of hydrogen-bond donors (Lipinski definition) is 0. The molecule has 6 rings (SSSR count). The summed E-state index contributed by atoms with van der Waals surface area (Å²) in [5, 5.41) is 0. The van der Waals surface area contributed by atoms with E-state index in [1.54, 1.807) is 0 Å². The predicted molar refractivity (Wildman–Crippen MR) is 142 cm³/mol. The Balaban J connectivity index is 1.11. The fourth-order valence-electron chi connectivity index (χ4n) is 6.20. The van der Waals surface area contributed by atoms with Gasteiger partial charge in [-0.15, -0.1) is 0 Å². The third-order valence-electron chi connectivity index (χ3n) is 8.32. The van der Waals surface area contributed by atoms with Crippen molar-refractivity contribution >= 4 is 35.6 Å². The highest BCUT2D eigenvalue weighted by molar-refractivity contribution is 6.47. The lowest BCUT2D eigenvalue weighted by Crippen LogP contribution is -2.62. The Morgan fingerprint density at radius 1 is 0.615 bits per heavy atom. The Hall–Kier alpha value is -0.155. The third kappa shape index (κ3) is 5.29. The van der Waals surface area contributed by atoms with Crippen molar-refractivity contribution in [1.82, 2.24) is 0 Å². The van der Waals surface area contributed by atoms with Crippen LogP contribution in [0.3, 0.4) is 0 Å². The number of rotatable bonds is 11. The Morgan fingerprint density at radius 2 is 1.05 bits per heavy atom. The zero-order chi connectivity index (χ0) is 27.2. The summed E-state index contributed by atoms with van der Waals surface area (Å²) in [6.07, 6.45) is 1.52. The summed E-state index contributed by atoms with van der Waals surface area (Å²) < 4.78 is 74.4. The van der Waals surface area contributed by atoms with Crippen LogP contribution in [0.4, 0.5) is 0 Å². The molecule has 0 aromatic carbocycles. The zero-order valence-electron chi connectivity index (χ0n) is 23.6. The van der Waals surface area contributed by atoms with Crippen molar-refractivity contribution < 1.29 is 56.0 Å². The van der Waals surface area contributed by atoms with Gasteiger partial charge in [-0.25, -0.2) is 0 Å². The topological polar surface area (TPSA) is 111 Å². The highest BCUT2D eigenvalue weighted by Gasteiger charge is 2.65. The lowest BCUT2D eigenvalue weighted by atomic mass is 9.84. The molecular weight excluding hydrogens is 510 g/mol. The minimum atomic E-state index is -1.11. The Morgan fingerprint density at radius 3 is 1.44 bits per heavy atom. The highest BCUT2D eigenvalue weighted by atomic mass is 16.8. The molecule has 12 nitrogen and oxygen atoms in total. The van der Waals surface area contributed by atoms with Gasteiger partial charge in [0.05, 0.1) is 50.8 Å². The average Bonchev–Trinajstić information content (AvgIpc) is 3.73. The van der Waals surface area contributed by atoms with E-state index in [4.69, 9.17) is 56.0 Å². The largest absolute Gasteiger partial charge is 0.459 e. The van der Waals surface area contributed by atoms with E-state index in [9.17, 15) is 0 Å². The first-order valence-electron chi connectivity index (χ1n) is 14.8. The zero-order valence-corrected chi connectivity index (χ0v) is 23.6. The standard InChI is InChI=1S/C22H39B5O12/c1-6-23(30-13-21-19(36-26(9-4)38-21)17-15(11-28-21)32-24(7-2)34-17)31-14-22-20(37-27(10-5)39-22)18-16(12-29-22)33-25(8-3)35-18/h15-20H,6-14H2,1-5H3. The van der Waals surface area contributed by atoms with Gasteiger partial charge in [0.25, 0.3) is 0 Å². The molecule has 6 aliphatic heterocycles. The lowest BCUT2D eigenvalue weighted by Gasteiger charge is -2.43. The Kier molecular flexibility index (Phi) is 8.79. The molecule has 0 amide bonds. The summed E-state index contributed by atoms with van der Waals surface area (Å²) in [5.74, 6) is -2.21. The summed E-state index contributed by atoms with van der Waals surface area (Å²) in [6, 6.07) is 0. The molecule has 0 aromatic rings. The quantitative estimate of drug-likeness (QED) is 0.348. The van der Waals surface area contributed by atoms with E-state index in [0.29, 0.717) is 32.2 Å². The number of ether oxygens (including phenoxy) is 2. The van der Waals surface area contributed by atoms with Gasteiger partial charge in [-0.1, -0.05) is 34.6 Å². The maximum Gasteiger partial charge on any atom is 0.459 e. The minimum absolute atomic E-state index is 0.113. The molecule has 8 atom stereocenters. The molecule has 214 valence electrons. The van der Waals surface area contributed by atoms with Gasteiger partial charge in [-0.05, 0) is 31.6 Å². The molecule has 39 heavy (non-hydrogen) atoms. The van der Waals surface area contributed by atoms with Crippen molar-refractivity contribution in [2.24, 2.45) is 0 Å². The van der Waals surface area contributed by atoms with E-state index >= 15 is 0 Å². The van der Waals surface area contributed by atoms with Gasteiger partial charge in [0.1, 0.15) is 12.2 Å². The predicted octanol–water partition coefficient (Wildman–Crippen LogP) is 1.41. The maximum atomic E-state index is 6.28. The molecule has 8 unspecified atom stereocenters. The number of hydrogen-bond acceptors (Lipinski definition) is 12. The van der Waals surface area contributed by atoms with Crippen molar-refractivity contribution in [2.45, 2.75) is 114 Å². The van der Waals surface area contributed by atoms with Crippen LogP contribution in [0, 0.1) is 0 Å². The van der Waals surface area contributed by atoms with Crippen molar-refractivity contribution in [1.29, 1.82) is 0 Å². The molecule has 0 saturated carbocycles. The Labute approximate surface area is 232 Å². The monoisotopic (exact) mass is 550 g/mol. The lowest BCUT2D eigenvalue weighted by molar-refractivity contribution is -0.274. The van der Waals surface area contributed by atoms with Crippen molar-refractivity contribution in [3.05, 3.63) is 0 Å². The van der Waals surface area contributed by atoms with Crippen LogP contribution in [0.2, 0.25) is 31.6 Å². The summed E-state index contributed by atoms with van der Waals surface area (Å²) in [5.41, 5.74) is 0. The molecule has 6 fully saturated rings. The Bertz CT molecular complexity index is 787. The van der Waals surface area contributed by atoms with Crippen LogP contribution in [0.25, 0.3) is 0 Å².